The van der Waals surface area contributed by atoms with Crippen molar-refractivity contribution < 1.29 is 17.6 Å². The maximum atomic E-state index is 14.4. The summed E-state index contributed by atoms with van der Waals surface area (Å²) in [6, 6.07) is 3.69. The van der Waals surface area contributed by atoms with Gasteiger partial charge in [-0.1, -0.05) is 0 Å². The smallest absolute Gasteiger partial charge is 0.267 e. The number of alkyl halides is 2. The van der Waals surface area contributed by atoms with Gasteiger partial charge in [0.25, 0.3) is 5.92 Å². The second-order valence-electron chi connectivity index (χ2n) is 7.85. The summed E-state index contributed by atoms with van der Waals surface area (Å²) in [5.41, 5.74) is 0.770. The molecule has 0 unspecified atom stereocenters. The molecule has 2 aromatic heterocycles. The minimum atomic E-state index is -3.08. The van der Waals surface area contributed by atoms with E-state index in [0.717, 1.165) is 31.0 Å². The first kappa shape index (κ1) is 20.0. The van der Waals surface area contributed by atoms with Crippen LogP contribution in [-0.2, 0) is 0 Å². The predicted octanol–water partition coefficient (Wildman–Crippen LogP) is 4.04. The van der Waals surface area contributed by atoms with E-state index in [-0.39, 0.29) is 11.4 Å². The minimum Gasteiger partial charge on any atom is -0.360 e. The quantitative estimate of drug-likeness (QED) is 0.462. The van der Waals surface area contributed by atoms with Crippen LogP contribution in [0.1, 0.15) is 30.9 Å². The first-order valence-electron chi connectivity index (χ1n) is 9.80. The highest BCUT2D eigenvalue weighted by molar-refractivity contribution is 7.80. The lowest BCUT2D eigenvalue weighted by molar-refractivity contribution is 0.0221. The number of hydrogen-bond acceptors (Lipinski definition) is 4. The van der Waals surface area contributed by atoms with Crippen LogP contribution in [0.4, 0.5) is 29.1 Å². The SMILES string of the molecule is Fc1ccc(F)c([C@H]2CC(F)(F)CN2c2ccn3ncc(NC(=S)NC4CC4)c3n2)c1. The molecule has 2 fully saturated rings. The summed E-state index contributed by atoms with van der Waals surface area (Å²) in [6.07, 6.45) is 4.59. The molecular weight excluding hydrogens is 432 g/mol. The van der Waals surface area contributed by atoms with Crippen LogP contribution in [0.5, 0.6) is 0 Å². The van der Waals surface area contributed by atoms with Crippen LogP contribution in [-0.4, -0.2) is 38.2 Å². The average Bonchev–Trinajstić information content (AvgIpc) is 3.35. The van der Waals surface area contributed by atoms with Gasteiger partial charge in [-0.25, -0.2) is 27.1 Å². The van der Waals surface area contributed by atoms with E-state index in [1.54, 1.807) is 6.20 Å². The number of rotatable bonds is 4. The van der Waals surface area contributed by atoms with Gasteiger partial charge in [0.2, 0.25) is 0 Å². The van der Waals surface area contributed by atoms with E-state index in [0.29, 0.717) is 22.5 Å². The molecule has 3 heterocycles. The van der Waals surface area contributed by atoms with Crippen molar-refractivity contribution in [1.82, 2.24) is 19.9 Å². The standard InChI is InChI=1S/C20H18F4N6S/c21-11-1-4-14(22)13(7-11)16-8-20(23,24)10-29(16)17-5-6-30-18(28-17)15(9-25-30)27-19(31)26-12-2-3-12/h1,4-7,9,12,16H,2-3,8,10H2,(H2,26,27,31)/t16-/m1/s1. The van der Waals surface area contributed by atoms with Crippen LogP contribution in [0, 0.1) is 11.6 Å². The van der Waals surface area contributed by atoms with Crippen molar-refractivity contribution in [2.24, 2.45) is 0 Å². The molecule has 1 aliphatic heterocycles. The van der Waals surface area contributed by atoms with Crippen molar-refractivity contribution in [3.8, 4) is 0 Å². The fourth-order valence-electron chi connectivity index (χ4n) is 3.78. The third-order valence-electron chi connectivity index (χ3n) is 5.40. The van der Waals surface area contributed by atoms with Crippen molar-refractivity contribution >= 4 is 34.5 Å². The van der Waals surface area contributed by atoms with Crippen molar-refractivity contribution in [3.05, 3.63) is 53.9 Å². The highest BCUT2D eigenvalue weighted by atomic mass is 32.1. The molecule has 0 amide bonds. The number of benzene rings is 1. The number of hydrogen-bond donors (Lipinski definition) is 2. The van der Waals surface area contributed by atoms with Gasteiger partial charge in [-0.3, -0.25) is 0 Å². The largest absolute Gasteiger partial charge is 0.360 e. The number of thiocarbonyl (C=S) groups is 1. The van der Waals surface area contributed by atoms with Gasteiger partial charge in [0.1, 0.15) is 23.1 Å². The number of halogens is 4. The Hall–Kier alpha value is -2.95. The monoisotopic (exact) mass is 450 g/mol. The summed E-state index contributed by atoms with van der Waals surface area (Å²) >= 11 is 5.29. The van der Waals surface area contributed by atoms with Gasteiger partial charge in [0.05, 0.1) is 18.8 Å². The van der Waals surface area contributed by atoms with E-state index >= 15 is 0 Å². The Balaban J connectivity index is 1.49. The zero-order chi connectivity index (χ0) is 21.8. The van der Waals surface area contributed by atoms with Gasteiger partial charge < -0.3 is 15.5 Å². The summed E-state index contributed by atoms with van der Waals surface area (Å²) in [5, 5.41) is 10.8. The lowest BCUT2D eigenvalue weighted by Gasteiger charge is -2.25. The third-order valence-corrected chi connectivity index (χ3v) is 5.62. The van der Waals surface area contributed by atoms with Crippen molar-refractivity contribution in [2.45, 2.75) is 37.3 Å². The molecule has 11 heteroatoms. The summed E-state index contributed by atoms with van der Waals surface area (Å²) in [5.74, 6) is -4.29. The number of anilines is 2. The van der Waals surface area contributed by atoms with Gasteiger partial charge in [-0.2, -0.15) is 5.10 Å². The molecule has 5 rings (SSSR count). The van der Waals surface area contributed by atoms with E-state index in [9.17, 15) is 17.6 Å². The minimum absolute atomic E-state index is 0.125. The second-order valence-corrected chi connectivity index (χ2v) is 8.26. The predicted molar refractivity (Wildman–Crippen MR) is 111 cm³/mol. The molecular formula is C20H18F4N6S. The van der Waals surface area contributed by atoms with Crippen LogP contribution in [0.2, 0.25) is 0 Å². The molecule has 2 N–H and O–H groups in total. The Bertz CT molecular complexity index is 1160. The molecule has 1 atom stereocenters. The zero-order valence-corrected chi connectivity index (χ0v) is 17.0. The Kier molecular flexibility index (Phi) is 4.72. The summed E-state index contributed by atoms with van der Waals surface area (Å²) in [7, 11) is 0. The molecule has 2 aliphatic rings. The summed E-state index contributed by atoms with van der Waals surface area (Å²) in [4.78, 5) is 5.79. The van der Waals surface area contributed by atoms with Crippen LogP contribution in [0.3, 0.4) is 0 Å². The Morgan fingerprint density at radius 3 is 2.77 bits per heavy atom. The lowest BCUT2D eigenvalue weighted by atomic mass is 10.0. The number of fused-ring (bicyclic) bond motifs is 1. The van der Waals surface area contributed by atoms with Crippen molar-refractivity contribution in [1.29, 1.82) is 0 Å². The molecule has 1 aliphatic carbocycles. The molecule has 0 radical (unpaired) electrons. The van der Waals surface area contributed by atoms with Crippen LogP contribution < -0.4 is 15.5 Å². The normalized spacial score (nSPS) is 20.3. The third kappa shape index (κ3) is 4.01. The van der Waals surface area contributed by atoms with Crippen LogP contribution >= 0.6 is 12.2 Å². The van der Waals surface area contributed by atoms with E-state index in [2.05, 4.69) is 20.7 Å². The maximum absolute atomic E-state index is 14.4. The molecule has 162 valence electrons. The van der Waals surface area contributed by atoms with Gasteiger partial charge in [-0.05, 0) is 49.3 Å². The van der Waals surface area contributed by atoms with Crippen molar-refractivity contribution in [2.75, 3.05) is 16.8 Å². The molecule has 0 spiro atoms. The first-order valence-corrected chi connectivity index (χ1v) is 10.2. The van der Waals surface area contributed by atoms with Gasteiger partial charge >= 0.3 is 0 Å². The van der Waals surface area contributed by atoms with Crippen LogP contribution in [0.15, 0.2) is 36.7 Å². The van der Waals surface area contributed by atoms with E-state index < -0.39 is 36.6 Å². The molecule has 1 aromatic carbocycles. The molecule has 0 bridgehead atoms. The molecule has 1 saturated heterocycles. The fourth-order valence-corrected chi connectivity index (χ4v) is 4.06. The highest BCUT2D eigenvalue weighted by Gasteiger charge is 2.47. The Morgan fingerprint density at radius 2 is 2.00 bits per heavy atom. The molecule has 31 heavy (non-hydrogen) atoms. The molecule has 3 aromatic rings. The van der Waals surface area contributed by atoms with Gasteiger partial charge in [-0.15, -0.1) is 0 Å². The van der Waals surface area contributed by atoms with Gasteiger partial charge in [0, 0.05) is 24.2 Å². The van der Waals surface area contributed by atoms with E-state index in [1.165, 1.54) is 21.7 Å². The fraction of sp³-hybridized carbons (Fsp3) is 0.350. The summed E-state index contributed by atoms with van der Waals surface area (Å²) < 4.78 is 58.3. The Labute approximate surface area is 180 Å². The van der Waals surface area contributed by atoms with E-state index in [1.807, 2.05) is 0 Å². The van der Waals surface area contributed by atoms with Crippen molar-refractivity contribution in [3.63, 3.8) is 0 Å². The molecule has 1 saturated carbocycles. The van der Waals surface area contributed by atoms with Gasteiger partial charge in [0.15, 0.2) is 10.8 Å². The average molecular weight is 450 g/mol. The topological polar surface area (TPSA) is 57.5 Å². The Morgan fingerprint density at radius 1 is 1.19 bits per heavy atom. The second kappa shape index (κ2) is 7.33. The molecule has 6 nitrogen and oxygen atoms in total. The lowest BCUT2D eigenvalue weighted by Crippen LogP contribution is -2.30. The highest BCUT2D eigenvalue weighted by Crippen LogP contribution is 2.44. The van der Waals surface area contributed by atoms with E-state index in [4.69, 9.17) is 12.2 Å². The zero-order valence-electron chi connectivity index (χ0n) is 16.2. The summed E-state index contributed by atoms with van der Waals surface area (Å²) in [6.45, 7) is -0.657. The number of nitrogens with zero attached hydrogens (tertiary/aromatic N) is 4. The number of nitrogens with one attached hydrogen (secondary N) is 2. The first-order chi connectivity index (χ1) is 14.8. The van der Waals surface area contributed by atoms with Crippen LogP contribution in [0.25, 0.3) is 5.65 Å². The number of aromatic nitrogens is 3. The maximum Gasteiger partial charge on any atom is 0.267 e.